The number of piperidine rings is 1. The number of likely N-dealkylation sites (tertiary alicyclic amines) is 1. The van der Waals surface area contributed by atoms with Crippen molar-refractivity contribution in [1.29, 1.82) is 0 Å². The summed E-state index contributed by atoms with van der Waals surface area (Å²) in [4.78, 5) is 40.8. The maximum Gasteiger partial charge on any atom is 0.287 e. The fourth-order valence-electron chi connectivity index (χ4n) is 4.86. The molecule has 176 valence electrons. The highest BCUT2D eigenvalue weighted by molar-refractivity contribution is 5.95. The highest BCUT2D eigenvalue weighted by atomic mass is 16.3. The number of rotatable bonds is 7. The molecule has 7 nitrogen and oxygen atoms in total. The van der Waals surface area contributed by atoms with E-state index in [-0.39, 0.29) is 29.5 Å². The molecular formula is C26H33N3O4. The molecule has 4 rings (SSSR count). The molecular weight excluding hydrogens is 418 g/mol. The predicted octanol–water partition coefficient (Wildman–Crippen LogP) is 3.31. The van der Waals surface area contributed by atoms with Crippen molar-refractivity contribution in [3.05, 3.63) is 60.1 Å². The maximum absolute atomic E-state index is 13.5. The van der Waals surface area contributed by atoms with Gasteiger partial charge in [-0.2, -0.15) is 0 Å². The van der Waals surface area contributed by atoms with Gasteiger partial charge >= 0.3 is 0 Å². The minimum Gasteiger partial charge on any atom is -0.459 e. The van der Waals surface area contributed by atoms with Gasteiger partial charge in [0.2, 0.25) is 11.8 Å². The summed E-state index contributed by atoms with van der Waals surface area (Å²) in [6.07, 6.45) is 9.02. The van der Waals surface area contributed by atoms with Crippen molar-refractivity contribution in [2.45, 2.75) is 63.5 Å². The lowest BCUT2D eigenvalue weighted by molar-refractivity contribution is -0.137. The monoisotopic (exact) mass is 451 g/mol. The van der Waals surface area contributed by atoms with Gasteiger partial charge in [0.1, 0.15) is 6.04 Å². The van der Waals surface area contributed by atoms with Crippen LogP contribution in [-0.4, -0.2) is 47.8 Å². The zero-order valence-corrected chi connectivity index (χ0v) is 19.0. The molecule has 1 aliphatic carbocycles. The first-order valence-corrected chi connectivity index (χ1v) is 12.1. The second-order valence-electron chi connectivity index (χ2n) is 9.16. The topological polar surface area (TPSA) is 91.7 Å². The quantitative estimate of drug-likeness (QED) is 0.676. The van der Waals surface area contributed by atoms with Crippen LogP contribution in [0.4, 0.5) is 0 Å². The Bertz CT molecular complexity index is 922. The SMILES string of the molecule is O=C(N[C@@H](Cc1ccccc1)C(=O)N1CCC[C@H](C(=O)NC2CCCCC2)C1)c1ccco1. The van der Waals surface area contributed by atoms with Crippen LogP contribution in [0.5, 0.6) is 0 Å². The first-order chi connectivity index (χ1) is 16.1. The number of carbonyl (C=O) groups is 3. The molecule has 2 heterocycles. The van der Waals surface area contributed by atoms with Crippen LogP contribution in [0.3, 0.4) is 0 Å². The lowest BCUT2D eigenvalue weighted by Crippen LogP contribution is -2.54. The van der Waals surface area contributed by atoms with Gasteiger partial charge in [0.15, 0.2) is 5.76 Å². The molecule has 7 heteroatoms. The molecule has 1 aromatic heterocycles. The van der Waals surface area contributed by atoms with Crippen LogP contribution in [0, 0.1) is 5.92 Å². The molecule has 0 spiro atoms. The highest BCUT2D eigenvalue weighted by Gasteiger charge is 2.33. The Morgan fingerprint density at radius 2 is 1.76 bits per heavy atom. The van der Waals surface area contributed by atoms with Crippen molar-refractivity contribution < 1.29 is 18.8 Å². The fraction of sp³-hybridized carbons (Fsp3) is 0.500. The molecule has 2 N–H and O–H groups in total. The first kappa shape index (κ1) is 23.1. The van der Waals surface area contributed by atoms with Crippen molar-refractivity contribution in [3.63, 3.8) is 0 Å². The second kappa shape index (κ2) is 11.2. The lowest BCUT2D eigenvalue weighted by Gasteiger charge is -2.35. The third-order valence-electron chi connectivity index (χ3n) is 6.69. The summed E-state index contributed by atoms with van der Waals surface area (Å²) < 4.78 is 5.20. The lowest BCUT2D eigenvalue weighted by atomic mass is 9.92. The van der Waals surface area contributed by atoms with Crippen molar-refractivity contribution >= 4 is 17.7 Å². The van der Waals surface area contributed by atoms with E-state index in [1.54, 1.807) is 17.0 Å². The molecule has 1 aromatic carbocycles. The minimum atomic E-state index is -0.731. The highest BCUT2D eigenvalue weighted by Crippen LogP contribution is 2.22. The summed E-state index contributed by atoms with van der Waals surface area (Å²) in [7, 11) is 0. The number of carbonyl (C=O) groups excluding carboxylic acids is 3. The Hall–Kier alpha value is -3.09. The third kappa shape index (κ3) is 6.24. The van der Waals surface area contributed by atoms with E-state index in [2.05, 4.69) is 10.6 Å². The number of furan rings is 1. The van der Waals surface area contributed by atoms with Crippen LogP contribution < -0.4 is 10.6 Å². The van der Waals surface area contributed by atoms with Gasteiger partial charge in [0.05, 0.1) is 12.2 Å². The van der Waals surface area contributed by atoms with Crippen LogP contribution >= 0.6 is 0 Å². The van der Waals surface area contributed by atoms with Crippen LogP contribution in [-0.2, 0) is 16.0 Å². The molecule has 2 atom stereocenters. The van der Waals surface area contributed by atoms with Gasteiger partial charge in [-0.1, -0.05) is 49.6 Å². The molecule has 1 saturated carbocycles. The number of amides is 3. The van der Waals surface area contributed by atoms with E-state index in [0.717, 1.165) is 44.1 Å². The van der Waals surface area contributed by atoms with Crippen molar-refractivity contribution in [1.82, 2.24) is 15.5 Å². The van der Waals surface area contributed by atoms with Crippen LogP contribution in [0.2, 0.25) is 0 Å². The zero-order chi connectivity index (χ0) is 23.0. The summed E-state index contributed by atoms with van der Waals surface area (Å²) in [5.41, 5.74) is 0.958. The molecule has 1 aliphatic heterocycles. The molecule has 33 heavy (non-hydrogen) atoms. The van der Waals surface area contributed by atoms with E-state index in [9.17, 15) is 14.4 Å². The molecule has 0 radical (unpaired) electrons. The van der Waals surface area contributed by atoms with Gasteiger partial charge in [-0.15, -0.1) is 0 Å². The molecule has 0 bridgehead atoms. The van der Waals surface area contributed by atoms with Crippen LogP contribution in [0.15, 0.2) is 53.1 Å². The van der Waals surface area contributed by atoms with E-state index in [1.807, 2.05) is 30.3 Å². The fourth-order valence-corrected chi connectivity index (χ4v) is 4.86. The van der Waals surface area contributed by atoms with E-state index in [4.69, 9.17) is 4.42 Å². The van der Waals surface area contributed by atoms with Gasteiger partial charge in [0.25, 0.3) is 5.91 Å². The minimum absolute atomic E-state index is 0.0543. The first-order valence-electron chi connectivity index (χ1n) is 12.1. The molecule has 2 aromatic rings. The van der Waals surface area contributed by atoms with E-state index < -0.39 is 11.9 Å². The Balaban J connectivity index is 1.42. The van der Waals surface area contributed by atoms with Gasteiger partial charge < -0.3 is 20.0 Å². The average molecular weight is 452 g/mol. The normalized spacial score (nSPS) is 20.1. The number of hydrogen-bond acceptors (Lipinski definition) is 4. The summed E-state index contributed by atoms with van der Waals surface area (Å²) in [5, 5.41) is 6.06. The average Bonchev–Trinajstić information content (AvgIpc) is 3.40. The molecule has 1 saturated heterocycles. The zero-order valence-electron chi connectivity index (χ0n) is 19.0. The van der Waals surface area contributed by atoms with Crippen LogP contribution in [0.1, 0.15) is 61.1 Å². The van der Waals surface area contributed by atoms with Gasteiger partial charge in [0, 0.05) is 25.6 Å². The van der Waals surface area contributed by atoms with Gasteiger partial charge in [-0.3, -0.25) is 14.4 Å². The van der Waals surface area contributed by atoms with Crippen molar-refractivity contribution in [2.75, 3.05) is 13.1 Å². The smallest absolute Gasteiger partial charge is 0.287 e. The van der Waals surface area contributed by atoms with E-state index in [0.29, 0.717) is 19.5 Å². The molecule has 3 amide bonds. The molecule has 2 aliphatic rings. The largest absolute Gasteiger partial charge is 0.459 e. The third-order valence-corrected chi connectivity index (χ3v) is 6.69. The van der Waals surface area contributed by atoms with E-state index >= 15 is 0 Å². The summed E-state index contributed by atoms with van der Waals surface area (Å²) in [6.45, 7) is 0.979. The van der Waals surface area contributed by atoms with Crippen molar-refractivity contribution in [2.24, 2.45) is 5.92 Å². The second-order valence-corrected chi connectivity index (χ2v) is 9.16. The van der Waals surface area contributed by atoms with Gasteiger partial charge in [-0.05, 0) is 43.4 Å². The van der Waals surface area contributed by atoms with Gasteiger partial charge in [-0.25, -0.2) is 0 Å². The Labute approximate surface area is 194 Å². The number of hydrogen-bond donors (Lipinski definition) is 2. The summed E-state index contributed by atoms with van der Waals surface area (Å²) >= 11 is 0. The number of nitrogens with zero attached hydrogens (tertiary/aromatic N) is 1. The Morgan fingerprint density at radius 3 is 2.48 bits per heavy atom. The standard InChI is InChI=1S/C26H33N3O4/c30-24(27-21-12-5-2-6-13-21)20-11-7-15-29(18-20)26(32)22(17-19-9-3-1-4-10-19)28-25(31)23-14-8-16-33-23/h1,3-4,8-10,14,16,20-22H,2,5-7,11-13,15,17-18H2,(H,27,30)(H,28,31)/t20-,22-/m0/s1. The summed E-state index contributed by atoms with van der Waals surface area (Å²) in [6, 6.07) is 12.4. The molecule has 0 unspecified atom stereocenters. The van der Waals surface area contributed by atoms with Crippen molar-refractivity contribution in [3.8, 4) is 0 Å². The Morgan fingerprint density at radius 1 is 0.970 bits per heavy atom. The predicted molar refractivity (Wildman–Crippen MR) is 124 cm³/mol. The van der Waals surface area contributed by atoms with Crippen LogP contribution in [0.25, 0.3) is 0 Å². The molecule has 2 fully saturated rings. The van der Waals surface area contributed by atoms with E-state index in [1.165, 1.54) is 12.7 Å². The Kier molecular flexibility index (Phi) is 7.81. The number of nitrogens with one attached hydrogen (secondary N) is 2. The number of benzene rings is 1. The maximum atomic E-state index is 13.5. The summed E-state index contributed by atoms with van der Waals surface area (Å²) in [5.74, 6) is -0.558.